The number of rotatable bonds is 4. The Bertz CT molecular complexity index is 594. The van der Waals surface area contributed by atoms with Gasteiger partial charge >= 0.3 is 5.97 Å². The van der Waals surface area contributed by atoms with Crippen molar-refractivity contribution in [3.05, 3.63) is 15.0 Å². The van der Waals surface area contributed by atoms with Crippen LogP contribution < -0.4 is 5.32 Å². The zero-order valence-corrected chi connectivity index (χ0v) is 16.2. The first kappa shape index (κ1) is 17.3. The van der Waals surface area contributed by atoms with Crippen LogP contribution >= 0.6 is 27.3 Å². The molecule has 1 saturated heterocycles. The average molecular weight is 403 g/mol. The van der Waals surface area contributed by atoms with Gasteiger partial charge in [0, 0.05) is 18.5 Å². The van der Waals surface area contributed by atoms with Gasteiger partial charge in [-0.1, -0.05) is 0 Å². The van der Waals surface area contributed by atoms with E-state index in [-0.39, 0.29) is 12.6 Å². The zero-order valence-electron chi connectivity index (χ0n) is 13.8. The van der Waals surface area contributed by atoms with Crippen molar-refractivity contribution in [3.8, 4) is 0 Å². The summed E-state index contributed by atoms with van der Waals surface area (Å²) in [6.45, 7) is 7.61. The van der Waals surface area contributed by atoms with Crippen LogP contribution in [0.2, 0.25) is 0 Å². The molecular formula is C16H23BrN2O3S. The van der Waals surface area contributed by atoms with Crippen LogP contribution in [0.25, 0.3) is 0 Å². The molecule has 1 unspecified atom stereocenters. The molecule has 2 fully saturated rings. The molecule has 0 aromatic carbocycles. The standard InChI is InChI=1S/C16H23BrN2O3S/c1-14(2,3)22-12(20)6-21-16(13-19-11(17)7-23-13)5-4-15(8-16)9-18-10-15/h7,18H,4-6,8-10H2,1-3H3. The van der Waals surface area contributed by atoms with Crippen molar-refractivity contribution in [2.45, 2.75) is 51.2 Å². The quantitative estimate of drug-likeness (QED) is 0.783. The van der Waals surface area contributed by atoms with Crippen LogP contribution in [-0.2, 0) is 19.9 Å². The fraction of sp³-hybridized carbons (Fsp3) is 0.750. The molecule has 1 aliphatic carbocycles. The molecule has 5 nitrogen and oxygen atoms in total. The van der Waals surface area contributed by atoms with Crippen LogP contribution in [0, 0.1) is 5.41 Å². The largest absolute Gasteiger partial charge is 0.458 e. The van der Waals surface area contributed by atoms with E-state index in [1.165, 1.54) is 0 Å². The Balaban J connectivity index is 1.73. The molecule has 1 aromatic heterocycles. The molecule has 3 rings (SSSR count). The molecule has 128 valence electrons. The van der Waals surface area contributed by atoms with Crippen molar-refractivity contribution in [3.63, 3.8) is 0 Å². The van der Waals surface area contributed by atoms with Crippen molar-refractivity contribution in [1.29, 1.82) is 0 Å². The number of hydrogen-bond donors (Lipinski definition) is 1. The number of ether oxygens (including phenoxy) is 2. The SMILES string of the molecule is CC(C)(C)OC(=O)COC1(c2nc(Br)cs2)CCC2(CNC2)C1. The number of aromatic nitrogens is 1. The van der Waals surface area contributed by atoms with Crippen molar-refractivity contribution in [1.82, 2.24) is 10.3 Å². The van der Waals surface area contributed by atoms with E-state index in [1.54, 1.807) is 11.3 Å². The monoisotopic (exact) mass is 402 g/mol. The summed E-state index contributed by atoms with van der Waals surface area (Å²) in [7, 11) is 0. The van der Waals surface area contributed by atoms with E-state index in [1.807, 2.05) is 26.2 Å². The summed E-state index contributed by atoms with van der Waals surface area (Å²) in [6.07, 6.45) is 2.92. The lowest BCUT2D eigenvalue weighted by molar-refractivity contribution is -0.168. The Labute approximate surface area is 149 Å². The number of carbonyl (C=O) groups is 1. The lowest BCUT2D eigenvalue weighted by Gasteiger charge is -2.41. The smallest absolute Gasteiger partial charge is 0.332 e. The van der Waals surface area contributed by atoms with Gasteiger partial charge in [-0.2, -0.15) is 0 Å². The molecule has 0 amide bonds. The fourth-order valence-corrected chi connectivity index (χ4v) is 4.86. The summed E-state index contributed by atoms with van der Waals surface area (Å²) in [5.74, 6) is -0.319. The van der Waals surface area contributed by atoms with Crippen LogP contribution in [-0.4, -0.2) is 36.3 Å². The number of thiazole rings is 1. The van der Waals surface area contributed by atoms with Gasteiger partial charge < -0.3 is 14.8 Å². The minimum atomic E-state index is -0.493. The van der Waals surface area contributed by atoms with Crippen molar-refractivity contribution in [2.75, 3.05) is 19.7 Å². The van der Waals surface area contributed by atoms with Gasteiger partial charge in [-0.15, -0.1) is 11.3 Å². The molecule has 1 spiro atoms. The predicted octanol–water partition coefficient (Wildman–Crippen LogP) is 3.23. The van der Waals surface area contributed by atoms with Gasteiger partial charge in [0.2, 0.25) is 0 Å². The third-order valence-corrected chi connectivity index (χ3v) is 6.21. The van der Waals surface area contributed by atoms with E-state index in [0.29, 0.717) is 5.41 Å². The molecule has 0 bridgehead atoms. The van der Waals surface area contributed by atoms with Crippen LogP contribution in [0.1, 0.15) is 45.0 Å². The van der Waals surface area contributed by atoms with Crippen molar-refractivity contribution < 1.29 is 14.3 Å². The van der Waals surface area contributed by atoms with Crippen molar-refractivity contribution in [2.24, 2.45) is 5.41 Å². The van der Waals surface area contributed by atoms with Gasteiger partial charge in [-0.05, 0) is 61.4 Å². The minimum absolute atomic E-state index is 0.0298. The van der Waals surface area contributed by atoms with E-state index in [9.17, 15) is 4.79 Å². The topological polar surface area (TPSA) is 60.5 Å². The van der Waals surface area contributed by atoms with Crippen LogP contribution in [0.4, 0.5) is 0 Å². The normalized spacial score (nSPS) is 26.3. The van der Waals surface area contributed by atoms with Crippen LogP contribution in [0.5, 0.6) is 0 Å². The molecule has 7 heteroatoms. The summed E-state index contributed by atoms with van der Waals surface area (Å²) in [5, 5.41) is 6.29. The highest BCUT2D eigenvalue weighted by molar-refractivity contribution is 9.10. The minimum Gasteiger partial charge on any atom is -0.458 e. The molecule has 1 saturated carbocycles. The third-order valence-electron chi connectivity index (χ3n) is 4.47. The molecule has 1 aliphatic heterocycles. The lowest BCUT2D eigenvalue weighted by Crippen LogP contribution is -2.52. The second-order valence-electron chi connectivity index (χ2n) is 7.63. The number of nitrogens with zero attached hydrogens (tertiary/aromatic N) is 1. The Kier molecular flexibility index (Phi) is 4.59. The molecule has 23 heavy (non-hydrogen) atoms. The maximum Gasteiger partial charge on any atom is 0.332 e. The van der Waals surface area contributed by atoms with Gasteiger partial charge in [0.25, 0.3) is 0 Å². The molecule has 1 N–H and O–H groups in total. The summed E-state index contributed by atoms with van der Waals surface area (Å²) < 4.78 is 12.4. The zero-order chi connectivity index (χ0) is 16.7. The number of halogens is 1. The van der Waals surface area contributed by atoms with Gasteiger partial charge in [0.05, 0.1) is 0 Å². The second kappa shape index (κ2) is 6.10. The number of nitrogens with one attached hydrogen (secondary N) is 1. The Morgan fingerprint density at radius 2 is 2.17 bits per heavy atom. The highest BCUT2D eigenvalue weighted by Gasteiger charge is 2.54. The molecule has 2 aliphatic rings. The first-order chi connectivity index (χ1) is 10.7. The van der Waals surface area contributed by atoms with Crippen molar-refractivity contribution >= 4 is 33.2 Å². The average Bonchev–Trinajstić information content (AvgIpc) is 2.99. The van der Waals surface area contributed by atoms with Gasteiger partial charge in [0.1, 0.15) is 27.4 Å². The maximum absolute atomic E-state index is 12.1. The summed E-state index contributed by atoms with van der Waals surface area (Å²) in [4.78, 5) is 16.6. The van der Waals surface area contributed by atoms with Gasteiger partial charge in [-0.3, -0.25) is 0 Å². The summed E-state index contributed by atoms with van der Waals surface area (Å²) in [5.41, 5.74) is -0.658. The van der Waals surface area contributed by atoms with E-state index >= 15 is 0 Å². The van der Waals surface area contributed by atoms with E-state index in [4.69, 9.17) is 9.47 Å². The number of esters is 1. The van der Waals surface area contributed by atoms with E-state index < -0.39 is 11.2 Å². The van der Waals surface area contributed by atoms with Crippen LogP contribution in [0.15, 0.2) is 9.98 Å². The third kappa shape index (κ3) is 3.78. The Hall–Kier alpha value is -0.500. The maximum atomic E-state index is 12.1. The summed E-state index contributed by atoms with van der Waals surface area (Å²) >= 11 is 5.01. The first-order valence-electron chi connectivity index (χ1n) is 7.90. The summed E-state index contributed by atoms with van der Waals surface area (Å²) in [6, 6.07) is 0. The first-order valence-corrected chi connectivity index (χ1v) is 9.57. The fourth-order valence-electron chi connectivity index (χ4n) is 3.43. The number of carbonyl (C=O) groups excluding carboxylic acids is 1. The molecule has 0 radical (unpaired) electrons. The Morgan fingerprint density at radius 3 is 2.65 bits per heavy atom. The highest BCUT2D eigenvalue weighted by Crippen LogP contribution is 2.54. The van der Waals surface area contributed by atoms with Gasteiger partial charge in [-0.25, -0.2) is 9.78 Å². The molecule has 1 atom stereocenters. The second-order valence-corrected chi connectivity index (χ2v) is 9.30. The molecular weight excluding hydrogens is 380 g/mol. The molecule has 2 heterocycles. The van der Waals surface area contributed by atoms with Crippen LogP contribution in [0.3, 0.4) is 0 Å². The molecule has 1 aromatic rings. The van der Waals surface area contributed by atoms with E-state index in [2.05, 4.69) is 26.2 Å². The highest BCUT2D eigenvalue weighted by atomic mass is 79.9. The number of hydrogen-bond acceptors (Lipinski definition) is 6. The van der Waals surface area contributed by atoms with E-state index in [0.717, 1.165) is 42.0 Å². The Morgan fingerprint density at radius 1 is 1.43 bits per heavy atom. The predicted molar refractivity (Wildman–Crippen MR) is 92.4 cm³/mol. The van der Waals surface area contributed by atoms with Gasteiger partial charge in [0.15, 0.2) is 0 Å². The lowest BCUT2D eigenvalue weighted by atomic mass is 9.79.